The van der Waals surface area contributed by atoms with Crippen LogP contribution in [-0.2, 0) is 20.7 Å². The minimum atomic E-state index is -0.868. The highest BCUT2D eigenvalue weighted by molar-refractivity contribution is 5.89. The van der Waals surface area contributed by atoms with E-state index in [0.717, 1.165) is 43.2 Å². The summed E-state index contributed by atoms with van der Waals surface area (Å²) < 4.78 is 17.7. The molecular weight excluding hydrogens is 536 g/mol. The van der Waals surface area contributed by atoms with Crippen molar-refractivity contribution < 1.29 is 28.6 Å². The number of carbonyl (C=O) groups excluding carboxylic acids is 3. The first-order valence-corrected chi connectivity index (χ1v) is 15.2. The first-order chi connectivity index (χ1) is 20.0. The maximum atomic E-state index is 14.0. The molecular formula is C32H42N4O6. The molecule has 3 heterocycles. The number of rotatable bonds is 2. The lowest BCUT2D eigenvalue weighted by molar-refractivity contribution is -0.139. The second kappa shape index (κ2) is 10.7. The van der Waals surface area contributed by atoms with Crippen molar-refractivity contribution in [3.05, 3.63) is 23.9 Å². The van der Waals surface area contributed by atoms with E-state index in [1.54, 1.807) is 7.11 Å². The average molecular weight is 579 g/mol. The Morgan fingerprint density at radius 3 is 2.57 bits per heavy atom. The molecule has 1 spiro atoms. The molecule has 226 valence electrons. The van der Waals surface area contributed by atoms with E-state index < -0.39 is 29.7 Å². The predicted molar refractivity (Wildman–Crippen MR) is 155 cm³/mol. The number of aryl methyl sites for hydroxylation is 1. The third-order valence-electron chi connectivity index (χ3n) is 9.72. The molecule has 6 rings (SSSR count). The Morgan fingerprint density at radius 1 is 1.10 bits per heavy atom. The molecule has 3 fully saturated rings. The van der Waals surface area contributed by atoms with Crippen molar-refractivity contribution >= 4 is 29.3 Å². The largest absolute Gasteiger partial charge is 0.497 e. The van der Waals surface area contributed by atoms with E-state index in [0.29, 0.717) is 34.9 Å². The van der Waals surface area contributed by atoms with Gasteiger partial charge in [0.25, 0.3) is 0 Å². The van der Waals surface area contributed by atoms with Crippen molar-refractivity contribution in [1.29, 1.82) is 0 Å². The van der Waals surface area contributed by atoms with Crippen LogP contribution in [0.5, 0.6) is 11.6 Å². The number of amides is 2. The van der Waals surface area contributed by atoms with Gasteiger partial charge in [-0.25, -0.2) is 14.8 Å². The van der Waals surface area contributed by atoms with Gasteiger partial charge in [-0.05, 0) is 67.9 Å². The molecule has 2 bridgehead atoms. The standard InChI is InChI=1S/C32H42N4O6/c1-18-24(17-37)36-16-26(18)41-28-22(33-21-9-8-20(40-5)14-23(21)34-28)7-6-10-32(11-12-32)15-19-13-25(19)42-30(39)35-27(29(36)38)31(2,3)4/h8-9,14,17-19,24-27H,6-7,10-13,15-16H2,1-5H3,(H,35,39)/t18-,19-,24+,25+,26-,27+/m0/s1. The molecule has 1 N–H and O–H groups in total. The Labute approximate surface area is 246 Å². The van der Waals surface area contributed by atoms with E-state index in [9.17, 15) is 14.4 Å². The number of alkyl carbamates (subject to hydrolysis) is 1. The van der Waals surface area contributed by atoms with Crippen LogP contribution in [0, 0.1) is 22.7 Å². The smallest absolute Gasteiger partial charge is 0.408 e. The molecule has 2 aliphatic carbocycles. The first-order valence-electron chi connectivity index (χ1n) is 15.2. The number of aldehydes is 1. The van der Waals surface area contributed by atoms with Crippen molar-refractivity contribution in [3.8, 4) is 11.6 Å². The first kappa shape index (κ1) is 28.7. The maximum Gasteiger partial charge on any atom is 0.408 e. The van der Waals surface area contributed by atoms with Gasteiger partial charge in [-0.2, -0.15) is 0 Å². The van der Waals surface area contributed by atoms with Gasteiger partial charge >= 0.3 is 6.09 Å². The number of hydrogen-bond donors (Lipinski definition) is 1. The lowest BCUT2D eigenvalue weighted by Crippen LogP contribution is -2.56. The number of methoxy groups -OCH3 is 1. The van der Waals surface area contributed by atoms with Crippen LogP contribution in [0.25, 0.3) is 11.0 Å². The van der Waals surface area contributed by atoms with Crippen LogP contribution in [0.2, 0.25) is 0 Å². The number of benzene rings is 1. The zero-order chi connectivity index (χ0) is 29.8. The van der Waals surface area contributed by atoms with E-state index in [2.05, 4.69) is 5.32 Å². The third kappa shape index (κ3) is 5.64. The number of carbonyl (C=O) groups is 3. The maximum absolute atomic E-state index is 14.0. The molecule has 42 heavy (non-hydrogen) atoms. The summed E-state index contributed by atoms with van der Waals surface area (Å²) in [4.78, 5) is 50.7. The Morgan fingerprint density at radius 2 is 1.88 bits per heavy atom. The molecule has 1 aromatic carbocycles. The highest BCUT2D eigenvalue weighted by Gasteiger charge is 2.52. The summed E-state index contributed by atoms with van der Waals surface area (Å²) in [6.45, 7) is 7.79. The van der Waals surface area contributed by atoms with Gasteiger partial charge < -0.3 is 29.2 Å². The van der Waals surface area contributed by atoms with Crippen molar-refractivity contribution in [3.63, 3.8) is 0 Å². The number of fused-ring (bicyclic) bond motifs is 5. The highest BCUT2D eigenvalue weighted by Crippen LogP contribution is 2.58. The zero-order valence-electron chi connectivity index (χ0n) is 25.2. The van der Waals surface area contributed by atoms with Crippen molar-refractivity contribution in [2.45, 2.75) is 96.9 Å². The molecule has 6 atom stereocenters. The predicted octanol–water partition coefficient (Wildman–Crippen LogP) is 4.47. The Hall–Kier alpha value is -3.43. The quantitative estimate of drug-likeness (QED) is 0.519. The van der Waals surface area contributed by atoms with Gasteiger partial charge in [-0.3, -0.25) is 4.79 Å². The van der Waals surface area contributed by atoms with Gasteiger partial charge in [0.15, 0.2) is 0 Å². The van der Waals surface area contributed by atoms with Crippen LogP contribution in [0.15, 0.2) is 18.2 Å². The summed E-state index contributed by atoms with van der Waals surface area (Å²) >= 11 is 0. The summed E-state index contributed by atoms with van der Waals surface area (Å²) in [5, 5.41) is 2.85. The van der Waals surface area contributed by atoms with Gasteiger partial charge in [0.2, 0.25) is 11.8 Å². The molecule has 2 amide bonds. The van der Waals surface area contributed by atoms with Crippen LogP contribution < -0.4 is 14.8 Å². The molecule has 2 aromatic rings. The number of aromatic nitrogens is 2. The van der Waals surface area contributed by atoms with E-state index in [1.165, 1.54) is 17.7 Å². The third-order valence-corrected chi connectivity index (χ3v) is 9.72. The van der Waals surface area contributed by atoms with E-state index in [4.69, 9.17) is 24.2 Å². The molecule has 4 aliphatic rings. The number of hydrogen-bond acceptors (Lipinski definition) is 8. The average Bonchev–Trinajstić information content (AvgIpc) is 3.85. The van der Waals surface area contributed by atoms with Crippen LogP contribution in [-0.4, -0.2) is 71.1 Å². The summed E-state index contributed by atoms with van der Waals surface area (Å²) in [5.74, 6) is 0.856. The molecule has 2 aliphatic heterocycles. The Kier molecular flexibility index (Phi) is 7.30. The topological polar surface area (TPSA) is 120 Å². The summed E-state index contributed by atoms with van der Waals surface area (Å²) in [7, 11) is 1.61. The van der Waals surface area contributed by atoms with Gasteiger partial charge in [0, 0.05) is 17.9 Å². The van der Waals surface area contributed by atoms with Crippen LogP contribution in [0.4, 0.5) is 4.79 Å². The fourth-order valence-electron chi connectivity index (χ4n) is 6.75. The summed E-state index contributed by atoms with van der Waals surface area (Å²) in [6, 6.07) is 4.05. The molecule has 1 aromatic heterocycles. The van der Waals surface area contributed by atoms with E-state index in [1.807, 2.05) is 45.9 Å². The minimum absolute atomic E-state index is 0.112. The minimum Gasteiger partial charge on any atom is -0.497 e. The van der Waals surface area contributed by atoms with Crippen LogP contribution in [0.3, 0.4) is 0 Å². The fourth-order valence-corrected chi connectivity index (χ4v) is 6.75. The molecule has 0 unspecified atom stereocenters. The van der Waals surface area contributed by atoms with Crippen LogP contribution >= 0.6 is 0 Å². The normalized spacial score (nSPS) is 31.1. The van der Waals surface area contributed by atoms with Crippen molar-refractivity contribution in [2.24, 2.45) is 22.7 Å². The second-order valence-electron chi connectivity index (χ2n) is 13.9. The van der Waals surface area contributed by atoms with E-state index >= 15 is 0 Å². The second-order valence-corrected chi connectivity index (χ2v) is 13.9. The van der Waals surface area contributed by atoms with Crippen LogP contribution in [0.1, 0.15) is 71.9 Å². The lowest BCUT2D eigenvalue weighted by Gasteiger charge is -2.34. The Bertz CT molecular complexity index is 1390. The lowest BCUT2D eigenvalue weighted by atomic mass is 9.85. The van der Waals surface area contributed by atoms with Gasteiger partial charge in [0.05, 0.1) is 30.7 Å². The molecule has 10 nitrogen and oxygen atoms in total. The molecule has 1 saturated heterocycles. The SMILES string of the molecule is COc1ccc2nc3c(nc2c1)O[C@H]1CN(C(=O)[C@H](C(C)(C)C)NC(=O)O[C@@H]2C[C@H]2CC2(CCC3)CC2)[C@H](C=O)[C@@H]1C. The van der Waals surface area contributed by atoms with Gasteiger partial charge in [-0.15, -0.1) is 0 Å². The Balaban J connectivity index is 1.36. The molecule has 0 radical (unpaired) electrons. The summed E-state index contributed by atoms with van der Waals surface area (Å²) in [6.07, 6.45) is 6.67. The summed E-state index contributed by atoms with van der Waals surface area (Å²) in [5.41, 5.74) is 1.91. The van der Waals surface area contributed by atoms with Crippen molar-refractivity contribution in [1.82, 2.24) is 20.2 Å². The highest BCUT2D eigenvalue weighted by atomic mass is 16.6. The molecule has 2 saturated carbocycles. The van der Waals surface area contributed by atoms with Gasteiger partial charge in [-0.1, -0.05) is 27.7 Å². The van der Waals surface area contributed by atoms with Crippen molar-refractivity contribution in [2.75, 3.05) is 13.7 Å². The monoisotopic (exact) mass is 578 g/mol. The van der Waals surface area contributed by atoms with E-state index in [-0.39, 0.29) is 24.5 Å². The zero-order valence-corrected chi connectivity index (χ0v) is 25.2. The number of ether oxygens (including phenoxy) is 3. The number of nitrogens with zero attached hydrogens (tertiary/aromatic N) is 3. The fraction of sp³-hybridized carbons (Fsp3) is 0.656. The molecule has 10 heteroatoms. The van der Waals surface area contributed by atoms with Gasteiger partial charge in [0.1, 0.15) is 36.0 Å². The number of nitrogens with one attached hydrogen (secondary N) is 1.